The smallest absolute Gasteiger partial charge is 0.411 e. The number of aromatic nitrogens is 5. The highest BCUT2D eigenvalue weighted by Crippen LogP contribution is 2.34. The number of amides is 3. The maximum absolute atomic E-state index is 13.2. The van der Waals surface area contributed by atoms with Gasteiger partial charge in [-0.1, -0.05) is 30.5 Å². The fourth-order valence-corrected chi connectivity index (χ4v) is 5.14. The number of rotatable bonds is 6. The summed E-state index contributed by atoms with van der Waals surface area (Å²) < 4.78 is 6.19. The number of benzene rings is 2. The van der Waals surface area contributed by atoms with Crippen LogP contribution in [0.25, 0.3) is 22.9 Å². The number of carbonyl (C=O) groups is 3. The molecule has 44 heavy (non-hydrogen) atoms. The molecule has 226 valence electrons. The van der Waals surface area contributed by atoms with Crippen LogP contribution in [0, 0.1) is 0 Å². The first-order chi connectivity index (χ1) is 21.3. The Kier molecular flexibility index (Phi) is 9.45. The van der Waals surface area contributed by atoms with Gasteiger partial charge in [-0.3, -0.25) is 19.9 Å². The van der Waals surface area contributed by atoms with E-state index in [1.807, 2.05) is 18.2 Å². The molecule has 2 aromatic heterocycles. The number of nitrogens with one attached hydrogen (secondary N) is 3. The summed E-state index contributed by atoms with van der Waals surface area (Å²) in [5.74, 6) is -0.820. The van der Waals surface area contributed by atoms with Crippen molar-refractivity contribution in [1.82, 2.24) is 30.5 Å². The quantitative estimate of drug-likeness (QED) is 0.230. The predicted octanol–water partition coefficient (Wildman–Crippen LogP) is 4.27. The Hall–Kier alpha value is -5.30. The molecule has 5 rings (SSSR count). The second kappa shape index (κ2) is 13.8. The van der Waals surface area contributed by atoms with E-state index >= 15 is 0 Å². The van der Waals surface area contributed by atoms with E-state index in [-0.39, 0.29) is 5.91 Å². The number of ether oxygens (including phenoxy) is 1. The molecular formula is C30H30ClN9O4. The van der Waals surface area contributed by atoms with Gasteiger partial charge in [0, 0.05) is 39.8 Å². The molecule has 0 saturated carbocycles. The predicted molar refractivity (Wildman–Crippen MR) is 165 cm³/mol. The van der Waals surface area contributed by atoms with Crippen LogP contribution in [0.2, 0.25) is 5.02 Å². The lowest BCUT2D eigenvalue weighted by molar-refractivity contribution is -0.119. The molecule has 2 aromatic carbocycles. The Morgan fingerprint density at radius 2 is 1.95 bits per heavy atom. The summed E-state index contributed by atoms with van der Waals surface area (Å²) >= 11 is 6.22. The molecule has 0 fully saturated rings. The number of fused-ring (bicyclic) bond motifs is 4. The van der Waals surface area contributed by atoms with E-state index in [1.54, 1.807) is 42.6 Å². The van der Waals surface area contributed by atoms with Crippen molar-refractivity contribution in [2.24, 2.45) is 5.73 Å². The number of nitrogens with two attached hydrogens (primary N) is 1. The zero-order valence-electron chi connectivity index (χ0n) is 23.7. The highest BCUT2D eigenvalue weighted by Gasteiger charge is 2.22. The van der Waals surface area contributed by atoms with Gasteiger partial charge in [0.25, 0.3) is 0 Å². The van der Waals surface area contributed by atoms with Crippen LogP contribution in [0.3, 0.4) is 0 Å². The van der Waals surface area contributed by atoms with Crippen LogP contribution in [0.5, 0.6) is 0 Å². The number of hydrogen-bond acceptors (Lipinski definition) is 9. The van der Waals surface area contributed by atoms with E-state index in [1.165, 1.54) is 24.2 Å². The number of halogens is 1. The average Bonchev–Trinajstić information content (AvgIpc) is 3.55. The lowest BCUT2D eigenvalue weighted by atomic mass is 9.96. The van der Waals surface area contributed by atoms with E-state index in [0.717, 1.165) is 11.1 Å². The number of tetrazole rings is 1. The second-order valence-corrected chi connectivity index (χ2v) is 10.5. The summed E-state index contributed by atoms with van der Waals surface area (Å²) in [6.07, 6.45) is 8.00. The minimum Gasteiger partial charge on any atom is -0.453 e. The largest absolute Gasteiger partial charge is 0.453 e. The molecule has 0 spiro atoms. The van der Waals surface area contributed by atoms with Gasteiger partial charge in [-0.05, 0) is 77.4 Å². The van der Waals surface area contributed by atoms with E-state index in [9.17, 15) is 14.4 Å². The van der Waals surface area contributed by atoms with Gasteiger partial charge in [0.15, 0.2) is 0 Å². The Labute approximate surface area is 257 Å². The van der Waals surface area contributed by atoms with Crippen molar-refractivity contribution >= 4 is 47.0 Å². The first kappa shape index (κ1) is 30.2. The van der Waals surface area contributed by atoms with Crippen molar-refractivity contribution in [1.29, 1.82) is 0 Å². The summed E-state index contributed by atoms with van der Waals surface area (Å²) in [4.78, 5) is 42.0. The fourth-order valence-electron chi connectivity index (χ4n) is 4.96. The Morgan fingerprint density at radius 1 is 1.11 bits per heavy atom. The molecule has 4 aromatic rings. The number of hydrogen-bond donors (Lipinski definition) is 4. The number of nitrogens with zero attached hydrogens (tertiary/aromatic N) is 5. The SMILES string of the molecule is COC(=O)Nc1ccc2c(c1)N[C@@H](C(N)=O)CCCC[C@H](NC(=O)/C=C/c1cc(Cl)ccc1-n1cnnn1)c1cc-2ccn1. The molecule has 0 aliphatic carbocycles. The first-order valence-corrected chi connectivity index (χ1v) is 14.2. The van der Waals surface area contributed by atoms with Crippen LogP contribution in [0.15, 0.2) is 67.1 Å². The van der Waals surface area contributed by atoms with Gasteiger partial charge in [0.1, 0.15) is 12.4 Å². The van der Waals surface area contributed by atoms with Crippen molar-refractivity contribution in [2.75, 3.05) is 17.7 Å². The van der Waals surface area contributed by atoms with Gasteiger partial charge in [0.2, 0.25) is 11.8 Å². The number of pyridine rings is 1. The average molecular weight is 616 g/mol. The van der Waals surface area contributed by atoms with Gasteiger partial charge < -0.3 is 21.1 Å². The van der Waals surface area contributed by atoms with Crippen molar-refractivity contribution < 1.29 is 19.1 Å². The normalized spacial score (nSPS) is 16.5. The Bertz CT molecular complexity index is 1690. The third kappa shape index (κ3) is 7.36. The van der Waals surface area contributed by atoms with Crippen molar-refractivity contribution in [3.05, 3.63) is 83.4 Å². The Morgan fingerprint density at radius 3 is 2.73 bits per heavy atom. The molecule has 0 saturated heterocycles. The summed E-state index contributed by atoms with van der Waals surface area (Å²) in [6.45, 7) is 0. The van der Waals surface area contributed by atoms with Crippen molar-refractivity contribution in [2.45, 2.75) is 37.8 Å². The van der Waals surface area contributed by atoms with Gasteiger partial charge in [-0.2, -0.15) is 4.68 Å². The standard InChI is InChI=1S/C30H30ClN9O4/c1-44-30(43)35-21-8-9-22-18-12-13-33-26(15-18)23(4-2-3-5-24(29(32)42)36-25(22)16-21)37-28(41)11-6-19-14-20(31)7-10-27(19)40-17-34-38-39-40/h6-17,23-24,36H,2-5H2,1H3,(H2,32,42)(H,35,43)(H,37,41)/b11-6+/t23-,24+/m0/s1. The molecule has 13 nitrogen and oxygen atoms in total. The van der Waals surface area contributed by atoms with Crippen molar-refractivity contribution in [3.63, 3.8) is 0 Å². The molecule has 2 bridgehead atoms. The molecule has 1 aliphatic heterocycles. The summed E-state index contributed by atoms with van der Waals surface area (Å²) in [6, 6.07) is 13.1. The molecule has 2 atom stereocenters. The maximum atomic E-state index is 13.2. The lowest BCUT2D eigenvalue weighted by Gasteiger charge is -2.23. The van der Waals surface area contributed by atoms with E-state index < -0.39 is 24.1 Å². The zero-order chi connectivity index (χ0) is 31.1. The molecule has 3 heterocycles. The second-order valence-electron chi connectivity index (χ2n) is 10.1. The van der Waals surface area contributed by atoms with Gasteiger partial charge >= 0.3 is 6.09 Å². The molecule has 1 aliphatic rings. The summed E-state index contributed by atoms with van der Waals surface area (Å²) in [7, 11) is 1.28. The highest BCUT2D eigenvalue weighted by atomic mass is 35.5. The number of primary amides is 1. The molecular weight excluding hydrogens is 586 g/mol. The van der Waals surface area contributed by atoms with Crippen LogP contribution in [0.4, 0.5) is 16.2 Å². The zero-order valence-corrected chi connectivity index (χ0v) is 24.5. The van der Waals surface area contributed by atoms with Gasteiger partial charge in [-0.15, -0.1) is 5.10 Å². The van der Waals surface area contributed by atoms with Crippen molar-refractivity contribution in [3.8, 4) is 16.8 Å². The van der Waals surface area contributed by atoms with Gasteiger partial charge in [0.05, 0.1) is 24.5 Å². The number of carbonyl (C=O) groups excluding carboxylic acids is 3. The monoisotopic (exact) mass is 615 g/mol. The van der Waals surface area contributed by atoms with E-state index in [2.05, 4.69) is 36.5 Å². The summed E-state index contributed by atoms with van der Waals surface area (Å²) in [5.41, 5.74) is 10.4. The molecule has 14 heteroatoms. The van der Waals surface area contributed by atoms with Crippen LogP contribution in [-0.4, -0.2) is 56.3 Å². The number of anilines is 2. The molecule has 0 radical (unpaired) electrons. The molecule has 0 unspecified atom stereocenters. The Balaban J connectivity index is 1.44. The maximum Gasteiger partial charge on any atom is 0.411 e. The third-order valence-corrected chi connectivity index (χ3v) is 7.36. The van der Waals surface area contributed by atoms with Crippen LogP contribution in [0.1, 0.15) is 43.0 Å². The van der Waals surface area contributed by atoms with E-state index in [4.69, 9.17) is 22.1 Å². The minimum absolute atomic E-state index is 0.326. The lowest BCUT2D eigenvalue weighted by Crippen LogP contribution is -2.35. The first-order valence-electron chi connectivity index (χ1n) is 13.8. The van der Waals surface area contributed by atoms with Crippen LogP contribution in [-0.2, 0) is 14.3 Å². The third-order valence-electron chi connectivity index (χ3n) is 7.13. The fraction of sp³-hybridized carbons (Fsp3) is 0.233. The molecule has 5 N–H and O–H groups in total. The molecule has 3 amide bonds. The van der Waals surface area contributed by atoms with Crippen LogP contribution >= 0.6 is 11.6 Å². The van der Waals surface area contributed by atoms with E-state index in [0.29, 0.717) is 59.0 Å². The minimum atomic E-state index is -0.647. The summed E-state index contributed by atoms with van der Waals surface area (Å²) in [5, 5.41) is 20.8. The highest BCUT2D eigenvalue weighted by molar-refractivity contribution is 6.30. The van der Waals surface area contributed by atoms with Gasteiger partial charge in [-0.25, -0.2) is 4.79 Å². The topological polar surface area (TPSA) is 179 Å². The van der Waals surface area contributed by atoms with Crippen LogP contribution < -0.4 is 21.7 Å². The number of methoxy groups -OCH3 is 1.